The van der Waals surface area contributed by atoms with Gasteiger partial charge in [-0.05, 0) is 61.1 Å². The number of hydrogen-bond donors (Lipinski definition) is 2. The number of methoxy groups -OCH3 is 1. The van der Waals surface area contributed by atoms with Crippen LogP contribution in [0.4, 0.5) is 28.4 Å². The van der Waals surface area contributed by atoms with Crippen LogP contribution < -0.4 is 20.0 Å². The second-order valence-corrected chi connectivity index (χ2v) is 15.3. The predicted octanol–water partition coefficient (Wildman–Crippen LogP) is 5.78. The first-order chi connectivity index (χ1) is 27.7. The van der Waals surface area contributed by atoms with Crippen LogP contribution >= 0.6 is 0 Å². The van der Waals surface area contributed by atoms with Gasteiger partial charge in [0.25, 0.3) is 11.8 Å². The highest BCUT2D eigenvalue weighted by molar-refractivity contribution is 6.23. The molecule has 0 spiro atoms. The van der Waals surface area contributed by atoms with E-state index in [1.807, 2.05) is 25.1 Å². The van der Waals surface area contributed by atoms with Crippen molar-refractivity contribution in [3.63, 3.8) is 0 Å². The van der Waals surface area contributed by atoms with Gasteiger partial charge >= 0.3 is 11.4 Å². The van der Waals surface area contributed by atoms with Gasteiger partial charge in [-0.25, -0.2) is 4.90 Å². The number of amides is 4. The summed E-state index contributed by atoms with van der Waals surface area (Å²) in [7, 11) is 4.22. The molecule has 0 aromatic heterocycles. The van der Waals surface area contributed by atoms with E-state index in [9.17, 15) is 39.7 Å². The molecular weight excluding hydrogens is 748 g/mol. The summed E-state index contributed by atoms with van der Waals surface area (Å²) in [4.78, 5) is 84.2. The molecule has 6 atom stereocenters. The molecule has 2 heterocycles. The summed E-state index contributed by atoms with van der Waals surface area (Å²) in [5, 5.41) is 36.6. The Balaban J connectivity index is 1.30. The van der Waals surface area contributed by atoms with Crippen molar-refractivity contribution in [1.82, 2.24) is 5.01 Å². The van der Waals surface area contributed by atoms with Gasteiger partial charge in [-0.1, -0.05) is 65.7 Å². The van der Waals surface area contributed by atoms with Crippen molar-refractivity contribution in [1.29, 1.82) is 0 Å². The van der Waals surface area contributed by atoms with E-state index >= 15 is 4.79 Å². The van der Waals surface area contributed by atoms with Crippen LogP contribution in [0, 0.1) is 50.8 Å². The molecule has 0 bridgehead atoms. The second-order valence-electron chi connectivity index (χ2n) is 15.3. The maximum Gasteiger partial charge on any atom is 0.301 e. The number of carbonyl (C=O) groups excluding carboxylic acids is 4. The van der Waals surface area contributed by atoms with E-state index in [4.69, 9.17) is 4.74 Å². The van der Waals surface area contributed by atoms with E-state index in [0.717, 1.165) is 27.6 Å². The number of phenols is 1. The number of allylic oxidation sites excluding steroid dienone is 2. The molecule has 0 unspecified atom stereocenters. The van der Waals surface area contributed by atoms with Gasteiger partial charge in [0, 0.05) is 32.1 Å². The minimum absolute atomic E-state index is 0.0270. The fraction of sp³-hybridized carbons (Fsp3) is 0.286. The molecule has 2 aliphatic carbocycles. The first kappa shape index (κ1) is 37.8. The van der Waals surface area contributed by atoms with Gasteiger partial charge in [-0.2, -0.15) is 5.01 Å². The van der Waals surface area contributed by atoms with E-state index < -0.39 is 79.9 Å². The minimum atomic E-state index is -1.60. The standard InChI is InChI=1S/C42H38N6O10/c1-22-10-13-25(14-11-22)43-46-39(51)30-21-29-27(36(23-12-17-34(58-4)33(49)18-23)42(30,41(46)53)24-8-6-5-7-9-24)15-16-28-35(29)40(52)45(38(28)50)26-19-31(47(54)55)37(44(2)3)32(20-26)48(56)57/h5-15,17-20,28-30,35-36,43,49H,16,21H2,1-4H3/t28-,29+,30-,35-,36-,42+/m0/s1. The predicted molar refractivity (Wildman–Crippen MR) is 210 cm³/mol. The summed E-state index contributed by atoms with van der Waals surface area (Å²) in [6.45, 7) is 1.91. The molecule has 3 fully saturated rings. The summed E-state index contributed by atoms with van der Waals surface area (Å²) >= 11 is 0. The lowest BCUT2D eigenvalue weighted by Crippen LogP contribution is -2.53. The molecule has 4 amide bonds. The Morgan fingerprint density at radius 3 is 2.10 bits per heavy atom. The summed E-state index contributed by atoms with van der Waals surface area (Å²) < 4.78 is 5.35. The first-order valence-electron chi connectivity index (χ1n) is 18.6. The lowest BCUT2D eigenvalue weighted by atomic mass is 9.49. The molecule has 2 aliphatic heterocycles. The van der Waals surface area contributed by atoms with Crippen LogP contribution in [0.15, 0.2) is 96.6 Å². The number of carbonyl (C=O) groups is 4. The van der Waals surface area contributed by atoms with Crippen molar-refractivity contribution in [2.45, 2.75) is 31.1 Å². The number of rotatable bonds is 9. The van der Waals surface area contributed by atoms with Crippen molar-refractivity contribution < 1.29 is 38.9 Å². The maximum absolute atomic E-state index is 15.3. The number of imide groups is 2. The Hall–Kier alpha value is -7.10. The third-order valence-electron chi connectivity index (χ3n) is 12.1. The van der Waals surface area contributed by atoms with Crippen molar-refractivity contribution in [3.05, 3.63) is 133 Å². The summed E-state index contributed by atoms with van der Waals surface area (Å²) in [5.74, 6) is -7.49. The fourth-order valence-corrected chi connectivity index (χ4v) is 9.72. The van der Waals surface area contributed by atoms with Crippen LogP contribution in [-0.4, -0.2) is 64.8 Å². The van der Waals surface area contributed by atoms with E-state index in [1.54, 1.807) is 54.6 Å². The molecule has 2 saturated heterocycles. The molecule has 4 aliphatic rings. The SMILES string of the molecule is COc1ccc([C@H]2C3=CC[C@@H]4C(=O)N(c5cc([N+](=O)[O-])c(N(C)C)c([N+](=O)[O-])c5)C(=O)[C@@H]4[C@@H]3C[C@H]3C(=O)N(Nc4ccc(C)cc4)C(=O)[C@@]23c2ccccc2)cc1O. The molecule has 4 aromatic rings. The number of benzene rings is 4. The number of nitro benzene ring substituents is 2. The average molecular weight is 787 g/mol. The van der Waals surface area contributed by atoms with Crippen LogP contribution in [0.25, 0.3) is 0 Å². The summed E-state index contributed by atoms with van der Waals surface area (Å²) in [6, 6.07) is 22.8. The zero-order chi connectivity index (χ0) is 41.4. The number of ether oxygens (including phenoxy) is 1. The number of nitro groups is 2. The van der Waals surface area contributed by atoms with Crippen molar-refractivity contribution in [2.24, 2.45) is 23.7 Å². The third kappa shape index (κ3) is 5.49. The van der Waals surface area contributed by atoms with Crippen molar-refractivity contribution >= 4 is 52.1 Å². The highest BCUT2D eigenvalue weighted by Crippen LogP contribution is 2.64. The van der Waals surface area contributed by atoms with E-state index in [0.29, 0.717) is 22.4 Å². The molecule has 58 heavy (non-hydrogen) atoms. The van der Waals surface area contributed by atoms with Crippen LogP contribution in [0.5, 0.6) is 11.5 Å². The Morgan fingerprint density at radius 2 is 1.52 bits per heavy atom. The quantitative estimate of drug-likeness (QED) is 0.0897. The molecule has 2 N–H and O–H groups in total. The summed E-state index contributed by atoms with van der Waals surface area (Å²) in [5.41, 5.74) is 2.54. The Bertz CT molecular complexity index is 2430. The smallest absolute Gasteiger partial charge is 0.301 e. The second kappa shape index (κ2) is 13.8. The van der Waals surface area contributed by atoms with Gasteiger partial charge < -0.3 is 14.7 Å². The normalized spacial score (nSPS) is 24.8. The molecule has 1 saturated carbocycles. The monoisotopic (exact) mass is 786 g/mol. The third-order valence-corrected chi connectivity index (χ3v) is 12.1. The lowest BCUT2D eigenvalue weighted by molar-refractivity contribution is -0.392. The molecule has 0 radical (unpaired) electrons. The van der Waals surface area contributed by atoms with Crippen LogP contribution in [0.1, 0.15) is 35.4 Å². The Kier molecular flexibility index (Phi) is 9.01. The molecule has 296 valence electrons. The average Bonchev–Trinajstić information content (AvgIpc) is 3.58. The van der Waals surface area contributed by atoms with Crippen molar-refractivity contribution in [2.75, 3.05) is 36.4 Å². The zero-order valence-electron chi connectivity index (χ0n) is 31.8. The number of hydrazine groups is 1. The molecule has 4 aromatic carbocycles. The first-order valence-corrected chi connectivity index (χ1v) is 18.6. The molecule has 16 heteroatoms. The topological polar surface area (TPSA) is 206 Å². The lowest BCUT2D eigenvalue weighted by Gasteiger charge is -2.50. The fourth-order valence-electron chi connectivity index (χ4n) is 9.72. The van der Waals surface area contributed by atoms with Gasteiger partial charge in [-0.3, -0.25) is 44.8 Å². The van der Waals surface area contributed by atoms with Gasteiger partial charge in [0.2, 0.25) is 11.8 Å². The van der Waals surface area contributed by atoms with Gasteiger partial charge in [-0.15, -0.1) is 0 Å². The highest BCUT2D eigenvalue weighted by Gasteiger charge is 2.70. The number of aromatic hydroxyl groups is 1. The maximum atomic E-state index is 15.3. The van der Waals surface area contributed by atoms with E-state index in [2.05, 4.69) is 5.43 Å². The summed E-state index contributed by atoms with van der Waals surface area (Å²) in [6.07, 6.45) is 1.81. The van der Waals surface area contributed by atoms with Crippen LogP contribution in [-0.2, 0) is 24.6 Å². The number of nitrogens with one attached hydrogen (secondary N) is 1. The number of fused-ring (bicyclic) bond motifs is 4. The van der Waals surface area contributed by atoms with Gasteiger partial charge in [0.05, 0.1) is 51.5 Å². The van der Waals surface area contributed by atoms with Crippen LogP contribution in [0.2, 0.25) is 0 Å². The largest absolute Gasteiger partial charge is 0.504 e. The Morgan fingerprint density at radius 1 is 0.862 bits per heavy atom. The highest BCUT2D eigenvalue weighted by atomic mass is 16.6. The molecule has 16 nitrogen and oxygen atoms in total. The number of aryl methyl sites for hydroxylation is 1. The minimum Gasteiger partial charge on any atom is -0.504 e. The van der Waals surface area contributed by atoms with Gasteiger partial charge in [0.15, 0.2) is 17.2 Å². The number of nitrogens with zero attached hydrogens (tertiary/aromatic N) is 5. The number of hydrogen-bond acceptors (Lipinski definition) is 12. The van der Waals surface area contributed by atoms with E-state index in [1.165, 1.54) is 32.2 Å². The van der Waals surface area contributed by atoms with Gasteiger partial charge in [0.1, 0.15) is 0 Å². The molecule has 8 rings (SSSR count). The van der Waals surface area contributed by atoms with Crippen LogP contribution in [0.3, 0.4) is 0 Å². The Labute approximate surface area is 331 Å². The zero-order valence-corrected chi connectivity index (χ0v) is 31.8. The van der Waals surface area contributed by atoms with E-state index in [-0.39, 0.29) is 35.7 Å². The number of anilines is 3. The number of phenolic OH excluding ortho intramolecular Hbond substituents is 1. The molecular formula is C42H38N6O10. The van der Waals surface area contributed by atoms with Crippen molar-refractivity contribution in [3.8, 4) is 11.5 Å².